The molecule has 1 aromatic heterocycles. The van der Waals surface area contributed by atoms with E-state index in [9.17, 15) is 9.59 Å². The van der Waals surface area contributed by atoms with Crippen LogP contribution in [0.2, 0.25) is 0 Å². The molecule has 0 spiro atoms. The van der Waals surface area contributed by atoms with Crippen LogP contribution in [-0.2, 0) is 4.79 Å². The van der Waals surface area contributed by atoms with E-state index in [0.29, 0.717) is 12.0 Å². The predicted octanol–water partition coefficient (Wildman–Crippen LogP) is 3.37. The Hall–Kier alpha value is -0.200. The number of hydrogen-bond acceptors (Lipinski definition) is 3. The third kappa shape index (κ3) is 3.40. The highest BCUT2D eigenvalue weighted by molar-refractivity contribution is 9.12. The fraction of sp³-hybridized carbons (Fsp3) is 0.400. The molecule has 1 rings (SSSR count). The van der Waals surface area contributed by atoms with Crippen LogP contribution in [-0.4, -0.2) is 17.7 Å². The van der Waals surface area contributed by atoms with E-state index in [2.05, 4.69) is 37.2 Å². The molecule has 0 saturated heterocycles. The molecular weight excluding hydrogens is 358 g/mol. The summed E-state index contributed by atoms with van der Waals surface area (Å²) in [6.45, 7) is 3.47. The topological polar surface area (TPSA) is 46.2 Å². The standard InChI is InChI=1S/C10H11Br2NO2S/c1-3-7(14)5(2)13-10(15)6-4-8(11)16-9(6)12/h4-5H,3H2,1-2H3,(H,13,15). The lowest BCUT2D eigenvalue weighted by Crippen LogP contribution is -2.38. The van der Waals surface area contributed by atoms with Gasteiger partial charge in [0.15, 0.2) is 5.78 Å². The van der Waals surface area contributed by atoms with Gasteiger partial charge in [0, 0.05) is 6.42 Å². The summed E-state index contributed by atoms with van der Waals surface area (Å²) in [4.78, 5) is 23.1. The van der Waals surface area contributed by atoms with Crippen molar-refractivity contribution in [2.75, 3.05) is 0 Å². The van der Waals surface area contributed by atoms with Crippen molar-refractivity contribution in [1.82, 2.24) is 5.32 Å². The van der Waals surface area contributed by atoms with Crippen molar-refractivity contribution in [3.8, 4) is 0 Å². The van der Waals surface area contributed by atoms with Crippen molar-refractivity contribution >= 4 is 54.9 Å². The van der Waals surface area contributed by atoms with Gasteiger partial charge >= 0.3 is 0 Å². The smallest absolute Gasteiger partial charge is 0.253 e. The molecule has 1 amide bonds. The van der Waals surface area contributed by atoms with E-state index in [1.54, 1.807) is 19.9 Å². The molecule has 0 aliphatic rings. The number of halogens is 2. The highest BCUT2D eigenvalue weighted by Gasteiger charge is 2.18. The Morgan fingerprint density at radius 2 is 2.12 bits per heavy atom. The number of amides is 1. The van der Waals surface area contributed by atoms with Gasteiger partial charge in [0.05, 0.1) is 19.2 Å². The van der Waals surface area contributed by atoms with Crippen LogP contribution in [0.15, 0.2) is 13.6 Å². The van der Waals surface area contributed by atoms with E-state index in [1.165, 1.54) is 11.3 Å². The zero-order valence-electron chi connectivity index (χ0n) is 8.84. The van der Waals surface area contributed by atoms with Crippen LogP contribution in [0, 0.1) is 0 Å². The van der Waals surface area contributed by atoms with Crippen LogP contribution in [0.1, 0.15) is 30.6 Å². The van der Waals surface area contributed by atoms with Crippen LogP contribution in [0.25, 0.3) is 0 Å². The maximum atomic E-state index is 11.8. The molecule has 16 heavy (non-hydrogen) atoms. The highest BCUT2D eigenvalue weighted by Crippen LogP contribution is 2.31. The zero-order valence-corrected chi connectivity index (χ0v) is 12.8. The predicted molar refractivity (Wildman–Crippen MR) is 71.9 cm³/mol. The third-order valence-corrected chi connectivity index (χ3v) is 4.42. The van der Waals surface area contributed by atoms with Crippen LogP contribution in [0.4, 0.5) is 0 Å². The summed E-state index contributed by atoms with van der Waals surface area (Å²) in [5.41, 5.74) is 0.549. The molecule has 1 heterocycles. The van der Waals surface area contributed by atoms with Crippen LogP contribution in [0.3, 0.4) is 0 Å². The van der Waals surface area contributed by atoms with Crippen molar-refractivity contribution in [2.24, 2.45) is 0 Å². The lowest BCUT2D eigenvalue weighted by molar-refractivity contribution is -0.120. The molecule has 0 aromatic carbocycles. The van der Waals surface area contributed by atoms with Gasteiger partial charge in [-0.3, -0.25) is 9.59 Å². The first kappa shape index (κ1) is 13.9. The van der Waals surface area contributed by atoms with Crippen LogP contribution >= 0.6 is 43.2 Å². The Bertz CT molecular complexity index is 417. The second kappa shape index (κ2) is 5.93. The summed E-state index contributed by atoms with van der Waals surface area (Å²) in [5, 5.41) is 2.67. The monoisotopic (exact) mass is 367 g/mol. The first-order chi connectivity index (χ1) is 7.45. The second-order valence-electron chi connectivity index (χ2n) is 3.25. The molecule has 1 aromatic rings. The molecule has 1 atom stereocenters. The Labute approximate surface area is 115 Å². The van der Waals surface area contributed by atoms with E-state index in [0.717, 1.165) is 7.57 Å². The van der Waals surface area contributed by atoms with Crippen molar-refractivity contribution < 1.29 is 9.59 Å². The number of thiophene rings is 1. The minimum absolute atomic E-state index is 0.0266. The van der Waals surface area contributed by atoms with Gasteiger partial charge in [-0.1, -0.05) is 6.92 Å². The molecule has 0 fully saturated rings. The Morgan fingerprint density at radius 3 is 2.56 bits per heavy atom. The quantitative estimate of drug-likeness (QED) is 0.885. The van der Waals surface area contributed by atoms with Crippen molar-refractivity contribution in [2.45, 2.75) is 26.3 Å². The minimum atomic E-state index is -0.442. The summed E-state index contributed by atoms with van der Waals surface area (Å²) >= 11 is 8.03. The Balaban J connectivity index is 2.73. The van der Waals surface area contributed by atoms with Crippen LogP contribution in [0.5, 0.6) is 0 Å². The summed E-state index contributed by atoms with van der Waals surface area (Å²) in [5.74, 6) is -0.207. The molecular formula is C10H11Br2NO2S. The number of carbonyl (C=O) groups is 2. The average Bonchev–Trinajstić information content (AvgIpc) is 2.56. The molecule has 0 radical (unpaired) electrons. The van der Waals surface area contributed by atoms with E-state index in [4.69, 9.17) is 0 Å². The Kier molecular flexibility index (Phi) is 5.14. The first-order valence-corrected chi connectivity index (χ1v) is 7.14. The van der Waals surface area contributed by atoms with Crippen molar-refractivity contribution in [1.29, 1.82) is 0 Å². The molecule has 0 saturated carbocycles. The number of carbonyl (C=O) groups excluding carboxylic acids is 2. The van der Waals surface area contributed by atoms with Gasteiger partial charge in [0.25, 0.3) is 5.91 Å². The van der Waals surface area contributed by atoms with Gasteiger partial charge in [0.1, 0.15) is 0 Å². The lowest BCUT2D eigenvalue weighted by atomic mass is 10.1. The molecule has 0 aliphatic carbocycles. The van der Waals surface area contributed by atoms with Crippen molar-refractivity contribution in [3.63, 3.8) is 0 Å². The third-order valence-electron chi connectivity index (χ3n) is 2.08. The van der Waals surface area contributed by atoms with Gasteiger partial charge in [-0.05, 0) is 44.8 Å². The highest BCUT2D eigenvalue weighted by atomic mass is 79.9. The van der Waals surface area contributed by atoms with Crippen LogP contribution < -0.4 is 5.32 Å². The molecule has 1 unspecified atom stereocenters. The fourth-order valence-electron chi connectivity index (χ4n) is 1.16. The summed E-state index contributed by atoms with van der Waals surface area (Å²) in [6.07, 6.45) is 0.427. The van der Waals surface area contributed by atoms with E-state index in [1.807, 2.05) is 0 Å². The number of Topliss-reactive ketones (excluding diaryl/α,β-unsaturated/α-hetero) is 1. The molecule has 1 N–H and O–H groups in total. The average molecular weight is 369 g/mol. The van der Waals surface area contributed by atoms with Gasteiger partial charge in [-0.2, -0.15) is 0 Å². The fourth-order valence-corrected chi connectivity index (χ4v) is 3.95. The van der Waals surface area contributed by atoms with Gasteiger partial charge < -0.3 is 5.32 Å². The number of nitrogens with one attached hydrogen (secondary N) is 1. The van der Waals surface area contributed by atoms with E-state index >= 15 is 0 Å². The zero-order chi connectivity index (χ0) is 12.3. The molecule has 3 nitrogen and oxygen atoms in total. The van der Waals surface area contributed by atoms with Gasteiger partial charge in [-0.25, -0.2) is 0 Å². The largest absolute Gasteiger partial charge is 0.342 e. The Morgan fingerprint density at radius 1 is 1.50 bits per heavy atom. The SMILES string of the molecule is CCC(=O)C(C)NC(=O)c1cc(Br)sc1Br. The van der Waals surface area contributed by atoms with E-state index < -0.39 is 6.04 Å². The minimum Gasteiger partial charge on any atom is -0.342 e. The molecule has 0 bridgehead atoms. The first-order valence-electron chi connectivity index (χ1n) is 4.74. The number of hydrogen-bond donors (Lipinski definition) is 1. The maximum absolute atomic E-state index is 11.8. The number of ketones is 1. The summed E-state index contributed by atoms with van der Waals surface area (Å²) < 4.78 is 1.63. The molecule has 88 valence electrons. The number of rotatable bonds is 4. The molecule has 0 aliphatic heterocycles. The summed E-state index contributed by atoms with van der Waals surface area (Å²) in [7, 11) is 0. The second-order valence-corrected chi connectivity index (χ2v) is 7.00. The maximum Gasteiger partial charge on any atom is 0.253 e. The van der Waals surface area contributed by atoms with Crippen molar-refractivity contribution in [3.05, 3.63) is 19.2 Å². The normalized spacial score (nSPS) is 12.2. The van der Waals surface area contributed by atoms with Gasteiger partial charge in [-0.15, -0.1) is 11.3 Å². The van der Waals surface area contributed by atoms with E-state index in [-0.39, 0.29) is 11.7 Å². The molecule has 6 heteroatoms. The summed E-state index contributed by atoms with van der Waals surface area (Å²) in [6, 6.07) is 1.29. The lowest BCUT2D eigenvalue weighted by Gasteiger charge is -2.11. The van der Waals surface area contributed by atoms with Gasteiger partial charge in [0.2, 0.25) is 0 Å².